The molecule has 0 saturated carbocycles. The molecule has 1 atom stereocenters. The third kappa shape index (κ3) is 3.13. The Bertz CT molecular complexity index is 690. The van der Waals surface area contributed by atoms with Gasteiger partial charge >= 0.3 is 6.18 Å². The first kappa shape index (κ1) is 15.2. The number of H-pyrrole nitrogens is 1. The molecule has 0 aliphatic carbocycles. The van der Waals surface area contributed by atoms with Gasteiger partial charge < -0.3 is 15.2 Å². The normalized spacial score (nSPS) is 13.7. The lowest BCUT2D eigenvalue weighted by Crippen LogP contribution is -2.21. The number of nitrogens with two attached hydrogens (primary N) is 1. The highest BCUT2D eigenvalue weighted by Crippen LogP contribution is 2.29. The van der Waals surface area contributed by atoms with E-state index in [1.165, 1.54) is 0 Å². The second kappa shape index (κ2) is 5.32. The number of aromatic nitrogens is 3. The molecular weight excluding hydrogens is 289 g/mol. The molecule has 2 heterocycles. The molecule has 0 aromatic carbocycles. The van der Waals surface area contributed by atoms with Crippen molar-refractivity contribution in [3.8, 4) is 11.5 Å². The van der Waals surface area contributed by atoms with E-state index in [0.29, 0.717) is 6.07 Å². The lowest BCUT2D eigenvalue weighted by molar-refractivity contribution is -0.138. The molecule has 114 valence electrons. The van der Waals surface area contributed by atoms with Crippen LogP contribution in [0.25, 0.3) is 11.5 Å². The van der Waals surface area contributed by atoms with Gasteiger partial charge in [0.1, 0.15) is 5.56 Å². The van der Waals surface area contributed by atoms with E-state index in [0.717, 1.165) is 6.20 Å². The molecule has 1 unspecified atom stereocenters. The van der Waals surface area contributed by atoms with Gasteiger partial charge in [0.05, 0.1) is 11.6 Å². The predicted molar refractivity (Wildman–Crippen MR) is 67.1 cm³/mol. The van der Waals surface area contributed by atoms with Crippen molar-refractivity contribution in [3.05, 3.63) is 34.0 Å². The molecule has 21 heavy (non-hydrogen) atoms. The Kier molecular flexibility index (Phi) is 3.86. The molecule has 0 radical (unpaired) electrons. The summed E-state index contributed by atoms with van der Waals surface area (Å²) in [4.78, 5) is 17.2. The molecule has 0 saturated heterocycles. The monoisotopic (exact) mass is 302 g/mol. The average Bonchev–Trinajstić information content (AvgIpc) is 2.86. The topological polar surface area (TPSA) is 97.8 Å². The van der Waals surface area contributed by atoms with Crippen LogP contribution < -0.4 is 11.3 Å². The Hall–Kier alpha value is -2.16. The molecular formula is C12H13F3N4O2. The highest BCUT2D eigenvalue weighted by atomic mass is 19.4. The standard InChI is InChI=1S/C12H13F3N4O2/c1-5(2)8(16)9-18-11(21-19-9)6-3-7(12(13,14)15)10(20)17-4-6/h3-5,8H,16H2,1-2H3,(H,17,20). The maximum atomic E-state index is 12.7. The minimum absolute atomic E-state index is 0.0309. The number of aromatic amines is 1. The summed E-state index contributed by atoms with van der Waals surface area (Å²) in [5.74, 6) is 0.0966. The summed E-state index contributed by atoms with van der Waals surface area (Å²) in [6.45, 7) is 3.70. The fourth-order valence-corrected chi connectivity index (χ4v) is 1.60. The maximum Gasteiger partial charge on any atom is 0.421 e. The number of hydrogen-bond acceptors (Lipinski definition) is 5. The van der Waals surface area contributed by atoms with E-state index < -0.39 is 23.3 Å². The minimum atomic E-state index is -4.76. The van der Waals surface area contributed by atoms with Crippen molar-refractivity contribution in [1.82, 2.24) is 15.1 Å². The summed E-state index contributed by atoms with van der Waals surface area (Å²) in [5.41, 5.74) is 3.24. The second-order valence-corrected chi connectivity index (χ2v) is 4.86. The van der Waals surface area contributed by atoms with Crippen LogP contribution >= 0.6 is 0 Å². The second-order valence-electron chi connectivity index (χ2n) is 4.86. The summed E-state index contributed by atoms with van der Waals surface area (Å²) in [5, 5.41) is 3.64. The summed E-state index contributed by atoms with van der Waals surface area (Å²) in [6, 6.07) is 0.171. The molecule has 0 spiro atoms. The van der Waals surface area contributed by atoms with E-state index in [-0.39, 0.29) is 23.2 Å². The van der Waals surface area contributed by atoms with Crippen LogP contribution in [0.4, 0.5) is 13.2 Å². The zero-order valence-electron chi connectivity index (χ0n) is 11.2. The van der Waals surface area contributed by atoms with E-state index in [2.05, 4.69) is 10.1 Å². The molecule has 3 N–H and O–H groups in total. The van der Waals surface area contributed by atoms with Crippen molar-refractivity contribution in [3.63, 3.8) is 0 Å². The van der Waals surface area contributed by atoms with Crippen molar-refractivity contribution in [2.45, 2.75) is 26.1 Å². The van der Waals surface area contributed by atoms with Crippen LogP contribution in [0.15, 0.2) is 21.6 Å². The lowest BCUT2D eigenvalue weighted by Gasteiger charge is -2.09. The van der Waals surface area contributed by atoms with Gasteiger partial charge in [0, 0.05) is 6.20 Å². The van der Waals surface area contributed by atoms with Gasteiger partial charge in [-0.05, 0) is 12.0 Å². The summed E-state index contributed by atoms with van der Waals surface area (Å²) in [6.07, 6.45) is -3.68. The van der Waals surface area contributed by atoms with Gasteiger partial charge in [-0.15, -0.1) is 0 Å². The van der Waals surface area contributed by atoms with Crippen LogP contribution in [-0.2, 0) is 6.18 Å². The van der Waals surface area contributed by atoms with Crippen molar-refractivity contribution in [1.29, 1.82) is 0 Å². The van der Waals surface area contributed by atoms with Crippen molar-refractivity contribution in [2.75, 3.05) is 0 Å². The number of pyridine rings is 1. The summed E-state index contributed by atoms with van der Waals surface area (Å²) < 4.78 is 42.9. The van der Waals surface area contributed by atoms with Gasteiger partial charge in [0.15, 0.2) is 5.82 Å². The Morgan fingerprint density at radius 1 is 1.38 bits per heavy atom. The molecule has 0 fully saturated rings. The van der Waals surface area contributed by atoms with Crippen LogP contribution in [0.1, 0.15) is 31.3 Å². The first-order valence-corrected chi connectivity index (χ1v) is 6.09. The van der Waals surface area contributed by atoms with Crippen molar-refractivity contribution < 1.29 is 17.7 Å². The van der Waals surface area contributed by atoms with Crippen molar-refractivity contribution >= 4 is 0 Å². The Morgan fingerprint density at radius 3 is 2.62 bits per heavy atom. The molecule has 0 amide bonds. The van der Waals surface area contributed by atoms with E-state index in [1.807, 2.05) is 18.8 Å². The third-order valence-electron chi connectivity index (χ3n) is 2.91. The summed E-state index contributed by atoms with van der Waals surface area (Å²) >= 11 is 0. The number of rotatable bonds is 3. The highest BCUT2D eigenvalue weighted by molar-refractivity contribution is 5.52. The third-order valence-corrected chi connectivity index (χ3v) is 2.91. The quantitative estimate of drug-likeness (QED) is 0.904. The van der Waals surface area contributed by atoms with Crippen LogP contribution in [-0.4, -0.2) is 15.1 Å². The van der Waals surface area contributed by atoms with E-state index in [9.17, 15) is 18.0 Å². The van der Waals surface area contributed by atoms with Gasteiger partial charge in [-0.1, -0.05) is 19.0 Å². The van der Waals surface area contributed by atoms with E-state index >= 15 is 0 Å². The van der Waals surface area contributed by atoms with E-state index in [1.54, 1.807) is 0 Å². The highest BCUT2D eigenvalue weighted by Gasteiger charge is 2.34. The molecule has 0 aliphatic heterocycles. The molecule has 2 rings (SSSR count). The molecule has 6 nitrogen and oxygen atoms in total. The molecule has 2 aromatic heterocycles. The number of halogens is 3. The first-order chi connectivity index (χ1) is 9.70. The number of nitrogens with one attached hydrogen (secondary N) is 1. The van der Waals surface area contributed by atoms with Crippen LogP contribution in [0.2, 0.25) is 0 Å². The number of nitrogens with zero attached hydrogens (tertiary/aromatic N) is 2. The molecule has 9 heteroatoms. The van der Waals surface area contributed by atoms with Gasteiger partial charge in [-0.2, -0.15) is 18.2 Å². The summed E-state index contributed by atoms with van der Waals surface area (Å²) in [7, 11) is 0. The van der Waals surface area contributed by atoms with Crippen molar-refractivity contribution in [2.24, 2.45) is 11.7 Å². The Morgan fingerprint density at radius 2 is 2.05 bits per heavy atom. The molecule has 0 bridgehead atoms. The van der Waals surface area contributed by atoms with Gasteiger partial charge in [0.2, 0.25) is 0 Å². The average molecular weight is 302 g/mol. The van der Waals surface area contributed by atoms with E-state index in [4.69, 9.17) is 10.3 Å². The zero-order valence-corrected chi connectivity index (χ0v) is 11.2. The number of hydrogen-bond donors (Lipinski definition) is 2. The fraction of sp³-hybridized carbons (Fsp3) is 0.417. The Labute approximate surface area is 117 Å². The number of alkyl halides is 3. The SMILES string of the molecule is CC(C)C(N)c1noc(-c2c[nH]c(=O)c(C(F)(F)F)c2)n1. The van der Waals surface area contributed by atoms with Gasteiger partial charge in [-0.3, -0.25) is 4.79 Å². The zero-order chi connectivity index (χ0) is 15.8. The maximum absolute atomic E-state index is 12.7. The molecule has 0 aliphatic rings. The molecule has 2 aromatic rings. The Balaban J connectivity index is 2.42. The largest absolute Gasteiger partial charge is 0.421 e. The minimum Gasteiger partial charge on any atom is -0.334 e. The predicted octanol–water partition coefficient (Wildman–Crippen LogP) is 2.10. The van der Waals surface area contributed by atoms with Gasteiger partial charge in [0.25, 0.3) is 11.4 Å². The fourth-order valence-electron chi connectivity index (χ4n) is 1.60. The first-order valence-electron chi connectivity index (χ1n) is 6.09. The smallest absolute Gasteiger partial charge is 0.334 e. The van der Waals surface area contributed by atoms with Crippen LogP contribution in [0.3, 0.4) is 0 Å². The van der Waals surface area contributed by atoms with Crippen LogP contribution in [0, 0.1) is 5.92 Å². The van der Waals surface area contributed by atoms with Crippen LogP contribution in [0.5, 0.6) is 0 Å². The lowest BCUT2D eigenvalue weighted by atomic mass is 10.1. The van der Waals surface area contributed by atoms with Gasteiger partial charge in [-0.25, -0.2) is 0 Å².